The van der Waals surface area contributed by atoms with Gasteiger partial charge in [0, 0.05) is 21.8 Å². The number of fused-ring (bicyclic) bond motifs is 3. The molecule has 0 aliphatic heterocycles. The van der Waals surface area contributed by atoms with Crippen molar-refractivity contribution in [1.82, 2.24) is 4.98 Å². The van der Waals surface area contributed by atoms with Crippen LogP contribution in [0.2, 0.25) is 0 Å². The number of ether oxygens (including phenoxy) is 1. The van der Waals surface area contributed by atoms with Crippen molar-refractivity contribution in [3.05, 3.63) is 58.5 Å². The van der Waals surface area contributed by atoms with E-state index in [4.69, 9.17) is 4.74 Å². The van der Waals surface area contributed by atoms with Crippen LogP contribution in [0.15, 0.2) is 47.4 Å². The van der Waals surface area contributed by atoms with E-state index in [0.717, 1.165) is 28.3 Å². The monoisotopic (exact) mass is 368 g/mol. The Morgan fingerprint density at radius 2 is 2.12 bits per heavy atom. The van der Waals surface area contributed by atoms with E-state index >= 15 is 0 Å². The minimum atomic E-state index is -0.118. The van der Waals surface area contributed by atoms with Crippen molar-refractivity contribution in [2.45, 2.75) is 11.3 Å². The summed E-state index contributed by atoms with van der Waals surface area (Å²) >= 11 is 3.10. The van der Waals surface area contributed by atoms with Crippen molar-refractivity contribution in [2.24, 2.45) is 0 Å². The quantitative estimate of drug-likeness (QED) is 0.531. The van der Waals surface area contributed by atoms with Gasteiger partial charge in [-0.1, -0.05) is 12.1 Å². The second kappa shape index (κ2) is 6.54. The van der Waals surface area contributed by atoms with Crippen molar-refractivity contribution in [3.63, 3.8) is 0 Å². The largest absolute Gasteiger partial charge is 0.497 e. The Morgan fingerprint density at radius 1 is 1.28 bits per heavy atom. The number of thiazole rings is 1. The topological polar surface area (TPSA) is 51.2 Å². The Balaban J connectivity index is 1.59. The molecule has 0 bridgehead atoms. The van der Waals surface area contributed by atoms with Gasteiger partial charge in [-0.05, 0) is 42.2 Å². The predicted molar refractivity (Wildman–Crippen MR) is 103 cm³/mol. The fraction of sp³-hybridized carbons (Fsp3) is 0.158. The Morgan fingerprint density at radius 3 is 2.92 bits per heavy atom. The van der Waals surface area contributed by atoms with Crippen molar-refractivity contribution in [1.29, 1.82) is 0 Å². The molecule has 1 aliphatic rings. The highest BCUT2D eigenvalue weighted by molar-refractivity contribution is 7.98. The van der Waals surface area contributed by atoms with E-state index in [2.05, 4.69) is 16.4 Å². The summed E-state index contributed by atoms with van der Waals surface area (Å²) in [6.45, 7) is 0. The minimum absolute atomic E-state index is 0.118. The van der Waals surface area contributed by atoms with Gasteiger partial charge >= 0.3 is 0 Å². The molecule has 0 radical (unpaired) electrons. The van der Waals surface area contributed by atoms with Crippen molar-refractivity contribution in [2.75, 3.05) is 18.7 Å². The van der Waals surface area contributed by atoms with Gasteiger partial charge in [-0.25, -0.2) is 4.98 Å². The van der Waals surface area contributed by atoms with E-state index in [1.54, 1.807) is 18.9 Å². The summed E-state index contributed by atoms with van der Waals surface area (Å²) in [5.74, 6) is 0.739. The molecular weight excluding hydrogens is 352 g/mol. The van der Waals surface area contributed by atoms with Crippen LogP contribution in [0.25, 0.3) is 11.3 Å². The summed E-state index contributed by atoms with van der Waals surface area (Å²) in [7, 11) is 1.67. The lowest BCUT2D eigenvalue weighted by Gasteiger charge is -2.06. The number of benzene rings is 2. The molecule has 3 aromatic rings. The van der Waals surface area contributed by atoms with E-state index < -0.39 is 0 Å². The minimum Gasteiger partial charge on any atom is -0.497 e. The maximum Gasteiger partial charge on any atom is 0.258 e. The number of rotatable bonds is 4. The zero-order chi connectivity index (χ0) is 17.4. The number of carbonyl (C=O) groups excluding carboxylic acids is 1. The van der Waals surface area contributed by atoms with Gasteiger partial charge in [-0.2, -0.15) is 0 Å². The molecule has 0 saturated heterocycles. The molecule has 0 unspecified atom stereocenters. The first-order valence-electron chi connectivity index (χ1n) is 7.81. The van der Waals surface area contributed by atoms with Gasteiger partial charge < -0.3 is 4.74 Å². The van der Waals surface area contributed by atoms with Gasteiger partial charge in [-0.3, -0.25) is 10.1 Å². The molecular formula is C19H16N2O2S2. The van der Waals surface area contributed by atoms with Crippen LogP contribution in [0.1, 0.15) is 20.8 Å². The van der Waals surface area contributed by atoms with Crippen LogP contribution >= 0.6 is 23.1 Å². The standard InChI is InChI=1S/C19H16N2O2S2/c1-23-12-7-8-13-11(9-12)10-16-17(13)20-19(25-16)21-18(22)14-5-3-4-6-15(14)24-2/h3-9H,10H2,1-2H3,(H,20,21,22). The third-order valence-corrected chi connectivity index (χ3v) is 5.95. The van der Waals surface area contributed by atoms with Crippen LogP contribution in [-0.2, 0) is 6.42 Å². The molecule has 0 atom stereocenters. The van der Waals surface area contributed by atoms with Crippen LogP contribution in [0, 0.1) is 0 Å². The highest BCUT2D eigenvalue weighted by atomic mass is 32.2. The lowest BCUT2D eigenvalue weighted by atomic mass is 10.1. The molecule has 2 aromatic carbocycles. The lowest BCUT2D eigenvalue weighted by Crippen LogP contribution is -2.12. The molecule has 1 N–H and O–H groups in total. The number of hydrogen-bond donors (Lipinski definition) is 1. The molecule has 1 aromatic heterocycles. The third-order valence-electron chi connectivity index (χ3n) is 4.19. The first-order chi connectivity index (χ1) is 12.2. The zero-order valence-electron chi connectivity index (χ0n) is 13.8. The van der Waals surface area contributed by atoms with Crippen molar-refractivity contribution in [3.8, 4) is 17.0 Å². The van der Waals surface area contributed by atoms with Crippen LogP contribution in [0.3, 0.4) is 0 Å². The summed E-state index contributed by atoms with van der Waals surface area (Å²) in [6, 6.07) is 13.6. The highest BCUT2D eigenvalue weighted by Gasteiger charge is 2.24. The average molecular weight is 368 g/mol. The fourth-order valence-corrected chi connectivity index (χ4v) is 4.57. The van der Waals surface area contributed by atoms with Gasteiger partial charge in [0.05, 0.1) is 18.4 Å². The van der Waals surface area contributed by atoms with Gasteiger partial charge in [-0.15, -0.1) is 23.1 Å². The number of anilines is 1. The highest BCUT2D eigenvalue weighted by Crippen LogP contribution is 2.42. The predicted octanol–water partition coefficient (Wildman–Crippen LogP) is 4.70. The van der Waals surface area contributed by atoms with Crippen LogP contribution in [0.4, 0.5) is 5.13 Å². The zero-order valence-corrected chi connectivity index (χ0v) is 15.5. The number of hydrogen-bond acceptors (Lipinski definition) is 5. The fourth-order valence-electron chi connectivity index (χ4n) is 2.98. The number of nitrogens with one attached hydrogen (secondary N) is 1. The molecule has 0 spiro atoms. The summed E-state index contributed by atoms with van der Waals surface area (Å²) in [5, 5.41) is 3.59. The van der Waals surface area contributed by atoms with Crippen LogP contribution < -0.4 is 10.1 Å². The molecule has 4 rings (SSSR count). The van der Waals surface area contributed by atoms with Gasteiger partial charge in [0.15, 0.2) is 5.13 Å². The van der Waals surface area contributed by atoms with E-state index in [0.29, 0.717) is 10.7 Å². The molecule has 0 saturated carbocycles. The van der Waals surface area contributed by atoms with E-state index in [9.17, 15) is 4.79 Å². The number of thioether (sulfide) groups is 1. The second-order valence-electron chi connectivity index (χ2n) is 5.65. The van der Waals surface area contributed by atoms with Crippen molar-refractivity contribution < 1.29 is 9.53 Å². The molecule has 1 heterocycles. The van der Waals surface area contributed by atoms with Gasteiger partial charge in [0.25, 0.3) is 5.91 Å². The third kappa shape index (κ3) is 2.92. The van der Waals surface area contributed by atoms with Crippen LogP contribution in [0.5, 0.6) is 5.75 Å². The number of aromatic nitrogens is 1. The Kier molecular flexibility index (Phi) is 4.23. The van der Waals surface area contributed by atoms with E-state index in [1.807, 2.05) is 42.7 Å². The summed E-state index contributed by atoms with van der Waals surface area (Å²) in [5.41, 5.74) is 3.99. The second-order valence-corrected chi connectivity index (χ2v) is 7.58. The van der Waals surface area contributed by atoms with Crippen molar-refractivity contribution >= 4 is 34.1 Å². The number of nitrogens with zero attached hydrogens (tertiary/aromatic N) is 1. The van der Waals surface area contributed by atoms with Crippen LogP contribution in [-0.4, -0.2) is 24.3 Å². The lowest BCUT2D eigenvalue weighted by molar-refractivity contribution is 0.102. The first-order valence-corrected chi connectivity index (χ1v) is 9.85. The Bertz CT molecular complexity index is 966. The van der Waals surface area contributed by atoms with E-state index in [-0.39, 0.29) is 5.91 Å². The average Bonchev–Trinajstić information content (AvgIpc) is 3.17. The molecule has 6 heteroatoms. The van der Waals surface area contributed by atoms with E-state index in [1.165, 1.54) is 21.8 Å². The normalized spacial score (nSPS) is 11.8. The van der Waals surface area contributed by atoms with Gasteiger partial charge in [0.2, 0.25) is 0 Å². The smallest absolute Gasteiger partial charge is 0.258 e. The summed E-state index contributed by atoms with van der Waals surface area (Å²) in [6.07, 6.45) is 2.80. The molecule has 4 nitrogen and oxygen atoms in total. The maximum absolute atomic E-state index is 12.6. The Labute approximate surface area is 154 Å². The molecule has 1 aliphatic carbocycles. The summed E-state index contributed by atoms with van der Waals surface area (Å²) in [4.78, 5) is 19.4. The SMILES string of the molecule is COc1ccc2c(c1)Cc1sc(NC(=O)c3ccccc3SC)nc1-2. The molecule has 126 valence electrons. The number of amides is 1. The molecule has 25 heavy (non-hydrogen) atoms. The Hall–Kier alpha value is -2.31. The number of carbonyl (C=O) groups is 1. The molecule has 0 fully saturated rings. The maximum atomic E-state index is 12.6. The summed E-state index contributed by atoms with van der Waals surface area (Å²) < 4.78 is 5.29. The molecule has 1 amide bonds. The number of methoxy groups -OCH3 is 1. The first kappa shape index (κ1) is 16.2. The van der Waals surface area contributed by atoms with Gasteiger partial charge in [0.1, 0.15) is 5.75 Å².